The lowest BCUT2D eigenvalue weighted by molar-refractivity contribution is -0.386. The van der Waals surface area contributed by atoms with Gasteiger partial charge in [-0.2, -0.15) is 0 Å². The SMILES string of the molecule is Cc1ccc([N+](=O)[O-])c2c1[C@H](N1C[C@@H](C)O[C@@H](C)C1)C(C)(C)O2. The van der Waals surface area contributed by atoms with Crippen LogP contribution in [0, 0.1) is 17.0 Å². The average Bonchev–Trinajstić information content (AvgIpc) is 2.69. The number of fused-ring (bicyclic) bond motifs is 1. The number of aryl methyl sites for hydroxylation is 1. The molecule has 3 rings (SSSR count). The van der Waals surface area contributed by atoms with Gasteiger partial charge in [-0.15, -0.1) is 0 Å². The molecule has 23 heavy (non-hydrogen) atoms. The Labute approximate surface area is 136 Å². The van der Waals surface area contributed by atoms with Crippen molar-refractivity contribution in [3.63, 3.8) is 0 Å². The lowest BCUT2D eigenvalue weighted by atomic mass is 9.89. The van der Waals surface area contributed by atoms with E-state index >= 15 is 0 Å². The summed E-state index contributed by atoms with van der Waals surface area (Å²) in [7, 11) is 0. The van der Waals surface area contributed by atoms with E-state index in [1.807, 2.05) is 26.8 Å². The van der Waals surface area contributed by atoms with Crippen molar-refractivity contribution < 1.29 is 14.4 Å². The molecule has 0 bridgehead atoms. The molecule has 126 valence electrons. The fourth-order valence-corrected chi connectivity index (χ4v) is 3.99. The number of nitro groups is 1. The molecule has 0 radical (unpaired) electrons. The molecule has 3 atom stereocenters. The Balaban J connectivity index is 2.09. The van der Waals surface area contributed by atoms with Gasteiger partial charge in [0, 0.05) is 24.7 Å². The second-order valence-corrected chi connectivity index (χ2v) is 7.22. The van der Waals surface area contributed by atoms with E-state index in [9.17, 15) is 10.1 Å². The van der Waals surface area contributed by atoms with Crippen molar-refractivity contribution in [1.29, 1.82) is 0 Å². The van der Waals surface area contributed by atoms with Gasteiger partial charge in [0.1, 0.15) is 5.60 Å². The smallest absolute Gasteiger partial charge is 0.311 e. The van der Waals surface area contributed by atoms with E-state index in [1.165, 1.54) is 6.07 Å². The van der Waals surface area contributed by atoms with Crippen LogP contribution >= 0.6 is 0 Å². The van der Waals surface area contributed by atoms with Crippen molar-refractivity contribution in [2.45, 2.75) is 58.5 Å². The van der Waals surface area contributed by atoms with Crippen molar-refractivity contribution in [1.82, 2.24) is 4.90 Å². The highest BCUT2D eigenvalue weighted by Gasteiger charge is 2.49. The number of nitrogens with zero attached hydrogens (tertiary/aromatic N) is 2. The zero-order valence-electron chi connectivity index (χ0n) is 14.3. The molecule has 0 amide bonds. The Kier molecular flexibility index (Phi) is 3.84. The maximum atomic E-state index is 11.4. The fourth-order valence-electron chi connectivity index (χ4n) is 3.99. The Morgan fingerprint density at radius 2 is 1.87 bits per heavy atom. The summed E-state index contributed by atoms with van der Waals surface area (Å²) in [5.74, 6) is 0.428. The van der Waals surface area contributed by atoms with Crippen molar-refractivity contribution >= 4 is 5.69 Å². The third kappa shape index (κ3) is 2.70. The third-order valence-corrected chi connectivity index (χ3v) is 4.70. The number of nitro benzene ring substituents is 1. The Morgan fingerprint density at radius 1 is 1.26 bits per heavy atom. The third-order valence-electron chi connectivity index (χ3n) is 4.70. The van der Waals surface area contributed by atoms with Crippen LogP contribution in [0.4, 0.5) is 5.69 Å². The molecule has 2 aliphatic rings. The largest absolute Gasteiger partial charge is 0.479 e. The van der Waals surface area contributed by atoms with Crippen LogP contribution in [0.15, 0.2) is 12.1 Å². The highest BCUT2D eigenvalue weighted by atomic mass is 16.6. The van der Waals surface area contributed by atoms with Gasteiger partial charge in [0.2, 0.25) is 5.75 Å². The molecule has 0 aromatic heterocycles. The average molecular weight is 320 g/mol. The Hall–Kier alpha value is -1.66. The summed E-state index contributed by atoms with van der Waals surface area (Å²) in [5, 5.41) is 11.4. The molecule has 1 fully saturated rings. The minimum Gasteiger partial charge on any atom is -0.479 e. The first-order valence-electron chi connectivity index (χ1n) is 8.07. The summed E-state index contributed by atoms with van der Waals surface area (Å²) in [6, 6.07) is 3.35. The number of rotatable bonds is 2. The van der Waals surface area contributed by atoms with Gasteiger partial charge in [0.05, 0.1) is 23.2 Å². The summed E-state index contributed by atoms with van der Waals surface area (Å²) >= 11 is 0. The van der Waals surface area contributed by atoms with E-state index < -0.39 is 5.60 Å². The summed E-state index contributed by atoms with van der Waals surface area (Å²) in [6.07, 6.45) is 0.273. The van der Waals surface area contributed by atoms with Crippen molar-refractivity contribution in [2.24, 2.45) is 0 Å². The van der Waals surface area contributed by atoms with Crippen LogP contribution < -0.4 is 4.74 Å². The Bertz CT molecular complexity index is 634. The maximum Gasteiger partial charge on any atom is 0.311 e. The van der Waals surface area contributed by atoms with Gasteiger partial charge in [-0.1, -0.05) is 6.07 Å². The summed E-state index contributed by atoms with van der Waals surface area (Å²) in [6.45, 7) is 11.7. The molecule has 1 aromatic rings. The predicted octanol–water partition coefficient (Wildman–Crippen LogP) is 3.22. The quantitative estimate of drug-likeness (QED) is 0.618. The van der Waals surface area contributed by atoms with Gasteiger partial charge in [-0.25, -0.2) is 0 Å². The maximum absolute atomic E-state index is 11.4. The molecule has 0 N–H and O–H groups in total. The van der Waals surface area contributed by atoms with Gasteiger partial charge >= 0.3 is 5.69 Å². The number of hydrogen-bond acceptors (Lipinski definition) is 5. The number of hydrogen-bond donors (Lipinski definition) is 0. The van der Waals surface area contributed by atoms with Crippen LogP contribution in [-0.4, -0.2) is 40.7 Å². The van der Waals surface area contributed by atoms with E-state index in [0.717, 1.165) is 24.2 Å². The minimum atomic E-state index is -0.518. The van der Waals surface area contributed by atoms with E-state index in [2.05, 4.69) is 18.7 Å². The normalized spacial score (nSPS) is 29.9. The molecule has 2 heterocycles. The number of morpholine rings is 1. The molecule has 2 aliphatic heterocycles. The molecule has 1 saturated heterocycles. The van der Waals surface area contributed by atoms with Crippen LogP contribution in [0.2, 0.25) is 0 Å². The van der Waals surface area contributed by atoms with E-state index in [1.54, 1.807) is 0 Å². The minimum absolute atomic E-state index is 0.00815. The van der Waals surface area contributed by atoms with Gasteiger partial charge in [0.15, 0.2) is 0 Å². The molecule has 0 unspecified atom stereocenters. The van der Waals surface area contributed by atoms with Crippen LogP contribution in [0.5, 0.6) is 5.75 Å². The lowest BCUT2D eigenvalue weighted by Crippen LogP contribution is -2.51. The summed E-state index contributed by atoms with van der Waals surface area (Å²) < 4.78 is 11.9. The Morgan fingerprint density at radius 3 is 2.43 bits per heavy atom. The summed E-state index contributed by atoms with van der Waals surface area (Å²) in [5.41, 5.74) is 1.52. The molecule has 0 saturated carbocycles. The molecule has 0 aliphatic carbocycles. The van der Waals surface area contributed by atoms with Gasteiger partial charge < -0.3 is 9.47 Å². The molecular weight excluding hydrogens is 296 g/mol. The lowest BCUT2D eigenvalue weighted by Gasteiger charge is -2.42. The molecular formula is C17H24N2O4. The fraction of sp³-hybridized carbons (Fsp3) is 0.647. The molecule has 6 heteroatoms. The number of benzene rings is 1. The van der Waals surface area contributed by atoms with Gasteiger partial charge in [0.25, 0.3) is 0 Å². The monoisotopic (exact) mass is 320 g/mol. The first-order chi connectivity index (χ1) is 10.7. The van der Waals surface area contributed by atoms with Gasteiger partial charge in [-0.3, -0.25) is 15.0 Å². The van der Waals surface area contributed by atoms with Crippen LogP contribution in [0.25, 0.3) is 0 Å². The zero-order valence-corrected chi connectivity index (χ0v) is 14.3. The van der Waals surface area contributed by atoms with E-state index in [4.69, 9.17) is 9.47 Å². The zero-order chi connectivity index (χ0) is 16.9. The molecule has 0 spiro atoms. The molecule has 6 nitrogen and oxygen atoms in total. The standard InChI is InChI=1S/C17H24N2O4/c1-10-6-7-13(19(20)21)15-14(10)16(17(4,5)23-15)18-8-11(2)22-12(3)9-18/h6-7,11-12,16H,8-9H2,1-5H3/t11-,12+,16-/m0/s1. The van der Waals surface area contributed by atoms with Gasteiger partial charge in [-0.05, 0) is 40.2 Å². The van der Waals surface area contributed by atoms with Crippen LogP contribution in [0.3, 0.4) is 0 Å². The van der Waals surface area contributed by atoms with Crippen LogP contribution in [0.1, 0.15) is 44.9 Å². The van der Waals surface area contributed by atoms with Crippen molar-refractivity contribution in [3.05, 3.63) is 33.4 Å². The van der Waals surface area contributed by atoms with Crippen LogP contribution in [-0.2, 0) is 4.74 Å². The van der Waals surface area contributed by atoms with E-state index in [0.29, 0.717) is 5.75 Å². The highest BCUT2D eigenvalue weighted by Crippen LogP contribution is 2.52. The second-order valence-electron chi connectivity index (χ2n) is 7.22. The first-order valence-corrected chi connectivity index (χ1v) is 8.07. The second kappa shape index (κ2) is 5.46. The van der Waals surface area contributed by atoms with Crippen molar-refractivity contribution in [3.8, 4) is 5.75 Å². The number of ether oxygens (including phenoxy) is 2. The summed E-state index contributed by atoms with van der Waals surface area (Å²) in [4.78, 5) is 13.4. The molecule has 1 aromatic carbocycles. The van der Waals surface area contributed by atoms with Crippen molar-refractivity contribution in [2.75, 3.05) is 13.1 Å². The first kappa shape index (κ1) is 16.2. The van der Waals surface area contributed by atoms with E-state index in [-0.39, 0.29) is 28.9 Å². The predicted molar refractivity (Wildman–Crippen MR) is 86.9 cm³/mol. The highest BCUT2D eigenvalue weighted by molar-refractivity contribution is 5.59. The topological polar surface area (TPSA) is 64.8 Å².